The highest BCUT2D eigenvalue weighted by Gasteiger charge is 2.07. The van der Waals surface area contributed by atoms with Crippen LogP contribution in [0.3, 0.4) is 0 Å². The molecule has 0 heterocycles. The first-order chi connectivity index (χ1) is 10.2. The Hall–Kier alpha value is -1.45. The summed E-state index contributed by atoms with van der Waals surface area (Å²) in [4.78, 5) is 1.22. The van der Waals surface area contributed by atoms with Gasteiger partial charge < -0.3 is 10.5 Å². The Morgan fingerprint density at radius 2 is 1.71 bits per heavy atom. The number of hydrogen-bond donors (Lipinski definition) is 1. The number of rotatable bonds is 7. The Morgan fingerprint density at radius 3 is 2.29 bits per heavy atom. The summed E-state index contributed by atoms with van der Waals surface area (Å²) >= 11 is 1.78. The van der Waals surface area contributed by atoms with Crippen LogP contribution in [0, 0.1) is 0 Å². The predicted molar refractivity (Wildman–Crippen MR) is 91.1 cm³/mol. The SMILES string of the molecule is CCCc1ccc(C(N)CSc2ccc(OC)cc2)cc1. The molecule has 2 aromatic rings. The van der Waals surface area contributed by atoms with Gasteiger partial charge in [0, 0.05) is 16.7 Å². The van der Waals surface area contributed by atoms with Crippen molar-refractivity contribution in [1.82, 2.24) is 0 Å². The fourth-order valence-electron chi connectivity index (χ4n) is 2.17. The number of hydrogen-bond acceptors (Lipinski definition) is 3. The molecule has 0 aliphatic heterocycles. The van der Waals surface area contributed by atoms with Crippen LogP contribution in [0.15, 0.2) is 53.4 Å². The molecule has 0 aliphatic carbocycles. The quantitative estimate of drug-likeness (QED) is 0.768. The monoisotopic (exact) mass is 301 g/mol. The van der Waals surface area contributed by atoms with E-state index in [4.69, 9.17) is 10.5 Å². The Morgan fingerprint density at radius 1 is 1.05 bits per heavy atom. The van der Waals surface area contributed by atoms with Crippen LogP contribution in [-0.4, -0.2) is 12.9 Å². The van der Waals surface area contributed by atoms with Crippen molar-refractivity contribution < 1.29 is 4.74 Å². The van der Waals surface area contributed by atoms with Gasteiger partial charge in [-0.1, -0.05) is 37.6 Å². The lowest BCUT2D eigenvalue weighted by Crippen LogP contribution is -2.12. The van der Waals surface area contributed by atoms with Crippen LogP contribution in [-0.2, 0) is 6.42 Å². The average molecular weight is 301 g/mol. The maximum atomic E-state index is 6.28. The molecule has 0 aromatic heterocycles. The summed E-state index contributed by atoms with van der Waals surface area (Å²) in [6.45, 7) is 2.20. The largest absolute Gasteiger partial charge is 0.497 e. The molecule has 0 aliphatic rings. The molecule has 3 heteroatoms. The Bertz CT molecular complexity index is 536. The molecule has 0 radical (unpaired) electrons. The number of benzene rings is 2. The summed E-state index contributed by atoms with van der Waals surface area (Å²) in [7, 11) is 1.68. The Kier molecular flexibility index (Phi) is 6.15. The van der Waals surface area contributed by atoms with Gasteiger partial charge in [-0.25, -0.2) is 0 Å². The zero-order chi connectivity index (χ0) is 15.1. The van der Waals surface area contributed by atoms with Gasteiger partial charge in [-0.3, -0.25) is 0 Å². The van der Waals surface area contributed by atoms with Gasteiger partial charge in [0.2, 0.25) is 0 Å². The molecule has 21 heavy (non-hydrogen) atoms. The topological polar surface area (TPSA) is 35.2 Å². The van der Waals surface area contributed by atoms with Crippen LogP contribution in [0.2, 0.25) is 0 Å². The molecule has 0 spiro atoms. The standard InChI is InChI=1S/C18H23NOS/c1-3-4-14-5-7-15(8-6-14)18(19)13-21-17-11-9-16(20-2)10-12-17/h5-12,18H,3-4,13,19H2,1-2H3. The number of thioether (sulfide) groups is 1. The zero-order valence-corrected chi connectivity index (χ0v) is 13.5. The molecule has 0 amide bonds. The van der Waals surface area contributed by atoms with Crippen LogP contribution in [0.5, 0.6) is 5.75 Å². The van der Waals surface area contributed by atoms with Crippen molar-refractivity contribution in [3.05, 3.63) is 59.7 Å². The lowest BCUT2D eigenvalue weighted by Gasteiger charge is -2.12. The molecule has 0 saturated carbocycles. The van der Waals surface area contributed by atoms with E-state index in [2.05, 4.69) is 43.3 Å². The molecule has 1 unspecified atom stereocenters. The highest BCUT2D eigenvalue weighted by molar-refractivity contribution is 7.99. The Balaban J connectivity index is 1.89. The highest BCUT2D eigenvalue weighted by Crippen LogP contribution is 2.25. The maximum Gasteiger partial charge on any atom is 0.118 e. The van der Waals surface area contributed by atoms with E-state index in [1.54, 1.807) is 18.9 Å². The smallest absolute Gasteiger partial charge is 0.118 e. The van der Waals surface area contributed by atoms with Crippen LogP contribution in [0.4, 0.5) is 0 Å². The lowest BCUT2D eigenvalue weighted by molar-refractivity contribution is 0.414. The van der Waals surface area contributed by atoms with E-state index in [9.17, 15) is 0 Å². The van der Waals surface area contributed by atoms with E-state index in [1.807, 2.05) is 12.1 Å². The summed E-state index contributed by atoms with van der Waals surface area (Å²) in [6.07, 6.45) is 2.31. The molecular formula is C18H23NOS. The van der Waals surface area contributed by atoms with E-state index in [-0.39, 0.29) is 6.04 Å². The molecule has 0 bridgehead atoms. The molecule has 2 aromatic carbocycles. The molecule has 2 nitrogen and oxygen atoms in total. The summed E-state index contributed by atoms with van der Waals surface area (Å²) in [5, 5.41) is 0. The van der Waals surface area contributed by atoms with Gasteiger partial charge in [-0.05, 0) is 41.8 Å². The van der Waals surface area contributed by atoms with Crippen molar-refractivity contribution in [2.24, 2.45) is 5.73 Å². The molecule has 2 rings (SSSR count). The predicted octanol–water partition coefficient (Wildman–Crippen LogP) is 4.44. The number of ether oxygens (including phenoxy) is 1. The third kappa shape index (κ3) is 4.80. The zero-order valence-electron chi connectivity index (χ0n) is 12.7. The lowest BCUT2D eigenvalue weighted by atomic mass is 10.0. The van der Waals surface area contributed by atoms with Crippen LogP contribution >= 0.6 is 11.8 Å². The third-order valence-electron chi connectivity index (χ3n) is 3.44. The van der Waals surface area contributed by atoms with Gasteiger partial charge in [0.05, 0.1) is 7.11 Å². The fourth-order valence-corrected chi connectivity index (χ4v) is 3.07. The molecule has 2 N–H and O–H groups in total. The summed E-state index contributed by atoms with van der Waals surface area (Å²) < 4.78 is 5.16. The number of aryl methyl sites for hydroxylation is 1. The minimum atomic E-state index is 0.0628. The van der Waals surface area contributed by atoms with E-state index in [0.29, 0.717) is 0 Å². The average Bonchev–Trinajstić information content (AvgIpc) is 2.54. The number of nitrogens with two attached hydrogens (primary N) is 1. The summed E-state index contributed by atoms with van der Waals surface area (Å²) in [5.41, 5.74) is 8.87. The number of methoxy groups -OCH3 is 1. The van der Waals surface area contributed by atoms with E-state index in [1.165, 1.54) is 22.4 Å². The van der Waals surface area contributed by atoms with Crippen molar-refractivity contribution >= 4 is 11.8 Å². The molecule has 0 saturated heterocycles. The van der Waals surface area contributed by atoms with Crippen LogP contribution in [0.25, 0.3) is 0 Å². The second kappa shape index (κ2) is 8.11. The van der Waals surface area contributed by atoms with Crippen LogP contribution in [0.1, 0.15) is 30.5 Å². The fraction of sp³-hybridized carbons (Fsp3) is 0.333. The minimum Gasteiger partial charge on any atom is -0.497 e. The summed E-state index contributed by atoms with van der Waals surface area (Å²) in [6, 6.07) is 16.9. The van der Waals surface area contributed by atoms with E-state index < -0.39 is 0 Å². The molecule has 0 fully saturated rings. The van der Waals surface area contributed by atoms with Gasteiger partial charge >= 0.3 is 0 Å². The van der Waals surface area contributed by atoms with Crippen molar-refractivity contribution in [2.75, 3.05) is 12.9 Å². The second-order valence-corrected chi connectivity index (χ2v) is 6.18. The molecule has 1 atom stereocenters. The van der Waals surface area contributed by atoms with E-state index in [0.717, 1.165) is 17.9 Å². The van der Waals surface area contributed by atoms with Gasteiger partial charge in [-0.2, -0.15) is 0 Å². The summed E-state index contributed by atoms with van der Waals surface area (Å²) in [5.74, 6) is 1.76. The van der Waals surface area contributed by atoms with E-state index >= 15 is 0 Å². The van der Waals surface area contributed by atoms with Gasteiger partial charge in [-0.15, -0.1) is 11.8 Å². The minimum absolute atomic E-state index is 0.0628. The first-order valence-corrected chi connectivity index (χ1v) is 8.32. The third-order valence-corrected chi connectivity index (χ3v) is 4.57. The first kappa shape index (κ1) is 15.9. The first-order valence-electron chi connectivity index (χ1n) is 7.34. The van der Waals surface area contributed by atoms with Gasteiger partial charge in [0.1, 0.15) is 5.75 Å². The van der Waals surface area contributed by atoms with Crippen LogP contribution < -0.4 is 10.5 Å². The van der Waals surface area contributed by atoms with Crippen molar-refractivity contribution in [1.29, 1.82) is 0 Å². The normalized spacial score (nSPS) is 12.1. The van der Waals surface area contributed by atoms with Gasteiger partial charge in [0.15, 0.2) is 0 Å². The van der Waals surface area contributed by atoms with Crippen molar-refractivity contribution in [2.45, 2.75) is 30.7 Å². The van der Waals surface area contributed by atoms with Gasteiger partial charge in [0.25, 0.3) is 0 Å². The second-order valence-electron chi connectivity index (χ2n) is 5.08. The van der Waals surface area contributed by atoms with Crippen molar-refractivity contribution in [3.63, 3.8) is 0 Å². The molecular weight excluding hydrogens is 278 g/mol. The highest BCUT2D eigenvalue weighted by atomic mass is 32.2. The maximum absolute atomic E-state index is 6.28. The van der Waals surface area contributed by atoms with Crippen molar-refractivity contribution in [3.8, 4) is 5.75 Å². The molecule has 112 valence electrons. The Labute approximate surface area is 131 Å².